The van der Waals surface area contributed by atoms with Gasteiger partial charge in [-0.15, -0.1) is 0 Å². The zero-order valence-corrected chi connectivity index (χ0v) is 12.1. The molecular weight excluding hydrogens is 246 g/mol. The van der Waals surface area contributed by atoms with Gasteiger partial charge in [-0.05, 0) is 34.1 Å². The largest absolute Gasteiger partial charge is 0.493 e. The molecule has 0 radical (unpaired) electrons. The molecule has 1 amide bonds. The molecule has 0 spiro atoms. The summed E-state index contributed by atoms with van der Waals surface area (Å²) in [5.41, 5.74) is 1.07. The summed E-state index contributed by atoms with van der Waals surface area (Å²) in [5.74, 6) is 0.186. The number of aryl methyl sites for hydroxylation is 1. The second kappa shape index (κ2) is 4.43. The van der Waals surface area contributed by atoms with Gasteiger partial charge in [0.15, 0.2) is 0 Å². The molecule has 19 heavy (non-hydrogen) atoms. The highest BCUT2D eigenvalue weighted by Crippen LogP contribution is 2.34. The van der Waals surface area contributed by atoms with Crippen LogP contribution in [-0.4, -0.2) is 38.0 Å². The van der Waals surface area contributed by atoms with E-state index in [2.05, 4.69) is 5.10 Å². The molecule has 1 aliphatic heterocycles. The third kappa shape index (κ3) is 2.52. The summed E-state index contributed by atoms with van der Waals surface area (Å²) in [7, 11) is 1.69. The maximum atomic E-state index is 12.1. The second-order valence-corrected chi connectivity index (χ2v) is 5.91. The van der Waals surface area contributed by atoms with E-state index in [-0.39, 0.29) is 18.0 Å². The van der Waals surface area contributed by atoms with Crippen molar-refractivity contribution in [1.82, 2.24) is 14.7 Å². The van der Waals surface area contributed by atoms with Gasteiger partial charge in [0.05, 0.1) is 11.7 Å². The smallest absolute Gasteiger partial charge is 0.410 e. The summed E-state index contributed by atoms with van der Waals surface area (Å²) in [4.78, 5) is 13.8. The van der Waals surface area contributed by atoms with E-state index in [1.165, 1.54) is 4.68 Å². The molecule has 1 aliphatic rings. The molecule has 6 heteroatoms. The van der Waals surface area contributed by atoms with Gasteiger partial charge in [-0.25, -0.2) is 9.48 Å². The Hall–Kier alpha value is -1.72. The second-order valence-electron chi connectivity index (χ2n) is 5.91. The molecule has 0 aromatic carbocycles. The standard InChI is InChI=1S/C13H21N3O3/c1-8-10-9(11(17)15(5)14-10)6-7-16(8)12(18)19-13(2,3)4/h8,17H,6-7H2,1-5H3/t8-/m0/s1. The van der Waals surface area contributed by atoms with Crippen LogP contribution in [0.4, 0.5) is 4.79 Å². The Balaban J connectivity index is 2.22. The Morgan fingerprint density at radius 1 is 1.47 bits per heavy atom. The fraction of sp³-hybridized carbons (Fsp3) is 0.692. The molecule has 1 aromatic rings. The van der Waals surface area contributed by atoms with Crippen molar-refractivity contribution in [2.24, 2.45) is 7.05 Å². The summed E-state index contributed by atoms with van der Waals surface area (Å²) in [6.45, 7) is 7.96. The van der Waals surface area contributed by atoms with Crippen molar-refractivity contribution >= 4 is 6.09 Å². The number of ether oxygens (including phenoxy) is 1. The van der Waals surface area contributed by atoms with Gasteiger partial charge in [0.1, 0.15) is 5.60 Å². The SMILES string of the molecule is C[C@H]1c2nn(C)c(O)c2CCN1C(=O)OC(C)(C)C. The first-order valence-corrected chi connectivity index (χ1v) is 6.45. The van der Waals surface area contributed by atoms with Crippen LogP contribution in [-0.2, 0) is 18.2 Å². The number of amides is 1. The number of fused-ring (bicyclic) bond motifs is 1. The van der Waals surface area contributed by atoms with Crippen LogP contribution in [0.2, 0.25) is 0 Å². The van der Waals surface area contributed by atoms with Crippen molar-refractivity contribution in [2.75, 3.05) is 6.54 Å². The highest BCUT2D eigenvalue weighted by molar-refractivity contribution is 5.69. The van der Waals surface area contributed by atoms with Crippen LogP contribution in [0.5, 0.6) is 5.88 Å². The average molecular weight is 267 g/mol. The van der Waals surface area contributed by atoms with Crippen molar-refractivity contribution in [3.63, 3.8) is 0 Å². The lowest BCUT2D eigenvalue weighted by Gasteiger charge is -2.34. The number of hydrogen-bond donors (Lipinski definition) is 1. The monoisotopic (exact) mass is 267 g/mol. The number of hydrogen-bond acceptors (Lipinski definition) is 4. The van der Waals surface area contributed by atoms with Crippen molar-refractivity contribution in [3.8, 4) is 5.88 Å². The minimum atomic E-state index is -0.511. The van der Waals surface area contributed by atoms with E-state index in [0.29, 0.717) is 13.0 Å². The Morgan fingerprint density at radius 3 is 2.68 bits per heavy atom. The van der Waals surface area contributed by atoms with Crippen molar-refractivity contribution in [1.29, 1.82) is 0 Å². The number of carbonyl (C=O) groups excluding carboxylic acids is 1. The van der Waals surface area contributed by atoms with Crippen molar-refractivity contribution in [3.05, 3.63) is 11.3 Å². The molecule has 2 rings (SSSR count). The molecule has 1 N–H and O–H groups in total. The lowest BCUT2D eigenvalue weighted by molar-refractivity contribution is 0.0155. The maximum Gasteiger partial charge on any atom is 0.410 e. The van der Waals surface area contributed by atoms with E-state index >= 15 is 0 Å². The average Bonchev–Trinajstić information content (AvgIpc) is 2.55. The number of aromatic nitrogens is 2. The molecule has 0 fully saturated rings. The molecule has 0 aliphatic carbocycles. The third-order valence-corrected chi connectivity index (χ3v) is 3.24. The van der Waals surface area contributed by atoms with Crippen LogP contribution in [0.3, 0.4) is 0 Å². The molecule has 0 saturated carbocycles. The van der Waals surface area contributed by atoms with Crippen molar-refractivity contribution in [2.45, 2.75) is 45.8 Å². The minimum absolute atomic E-state index is 0.186. The predicted molar refractivity (Wildman–Crippen MR) is 69.9 cm³/mol. The van der Waals surface area contributed by atoms with Crippen LogP contribution in [0.25, 0.3) is 0 Å². The Morgan fingerprint density at radius 2 is 2.11 bits per heavy atom. The van der Waals surface area contributed by atoms with Gasteiger partial charge >= 0.3 is 6.09 Å². The van der Waals surface area contributed by atoms with Gasteiger partial charge in [0.25, 0.3) is 0 Å². The number of rotatable bonds is 0. The molecule has 0 saturated heterocycles. The van der Waals surface area contributed by atoms with Crippen LogP contribution >= 0.6 is 0 Å². The molecule has 1 aromatic heterocycles. The van der Waals surface area contributed by atoms with E-state index in [1.54, 1.807) is 11.9 Å². The molecule has 0 unspecified atom stereocenters. The van der Waals surface area contributed by atoms with Crippen LogP contribution in [0, 0.1) is 0 Å². The van der Waals surface area contributed by atoms with E-state index in [4.69, 9.17) is 4.74 Å². The summed E-state index contributed by atoms with van der Waals surface area (Å²) in [5, 5.41) is 14.2. The molecule has 0 bridgehead atoms. The molecule has 2 heterocycles. The topological polar surface area (TPSA) is 67.6 Å². The van der Waals surface area contributed by atoms with Gasteiger partial charge in [-0.3, -0.25) is 4.90 Å². The zero-order chi connectivity index (χ0) is 14.4. The minimum Gasteiger partial charge on any atom is -0.493 e. The first-order chi connectivity index (χ1) is 8.70. The lowest BCUT2D eigenvalue weighted by Crippen LogP contribution is -2.42. The van der Waals surface area contributed by atoms with E-state index in [1.807, 2.05) is 27.7 Å². The molecule has 6 nitrogen and oxygen atoms in total. The van der Waals surface area contributed by atoms with Crippen LogP contribution in [0.15, 0.2) is 0 Å². The van der Waals surface area contributed by atoms with Gasteiger partial charge in [0, 0.05) is 19.2 Å². The van der Waals surface area contributed by atoms with E-state index < -0.39 is 5.60 Å². The quantitative estimate of drug-likeness (QED) is 0.780. The summed E-state index contributed by atoms with van der Waals surface area (Å²) in [6.07, 6.45) is 0.259. The van der Waals surface area contributed by atoms with Gasteiger partial charge in [-0.2, -0.15) is 5.10 Å². The fourth-order valence-corrected chi connectivity index (χ4v) is 2.30. The molecule has 106 valence electrons. The summed E-state index contributed by atoms with van der Waals surface area (Å²) >= 11 is 0. The summed E-state index contributed by atoms with van der Waals surface area (Å²) < 4.78 is 6.83. The number of aromatic hydroxyl groups is 1. The predicted octanol–water partition coefficient (Wildman–Crippen LogP) is 1.98. The first kappa shape index (κ1) is 13.7. The highest BCUT2D eigenvalue weighted by atomic mass is 16.6. The number of carbonyl (C=O) groups is 1. The van der Waals surface area contributed by atoms with Gasteiger partial charge < -0.3 is 9.84 Å². The first-order valence-electron chi connectivity index (χ1n) is 6.45. The third-order valence-electron chi connectivity index (χ3n) is 3.24. The summed E-state index contributed by atoms with van der Waals surface area (Å²) in [6, 6.07) is -0.189. The van der Waals surface area contributed by atoms with Gasteiger partial charge in [-0.1, -0.05) is 0 Å². The fourth-order valence-electron chi connectivity index (χ4n) is 2.30. The maximum absolute atomic E-state index is 12.1. The highest BCUT2D eigenvalue weighted by Gasteiger charge is 2.34. The Kier molecular flexibility index (Phi) is 3.20. The molecule has 1 atom stereocenters. The normalized spacial score (nSPS) is 19.2. The lowest BCUT2D eigenvalue weighted by atomic mass is 10.0. The zero-order valence-electron chi connectivity index (χ0n) is 12.1. The Bertz CT molecular complexity index is 502. The van der Waals surface area contributed by atoms with Crippen LogP contribution < -0.4 is 0 Å². The Labute approximate surface area is 113 Å². The number of nitrogens with zero attached hydrogens (tertiary/aromatic N) is 3. The van der Waals surface area contributed by atoms with Gasteiger partial charge in [0.2, 0.25) is 5.88 Å². The van der Waals surface area contributed by atoms with Crippen LogP contribution in [0.1, 0.15) is 45.0 Å². The van der Waals surface area contributed by atoms with E-state index in [0.717, 1.165) is 11.3 Å². The van der Waals surface area contributed by atoms with E-state index in [9.17, 15) is 9.90 Å². The molecular formula is C13H21N3O3. The van der Waals surface area contributed by atoms with Crippen molar-refractivity contribution < 1.29 is 14.6 Å².